The van der Waals surface area contributed by atoms with Crippen molar-refractivity contribution in [1.82, 2.24) is 14.8 Å². The van der Waals surface area contributed by atoms with E-state index in [2.05, 4.69) is 20.7 Å². The van der Waals surface area contributed by atoms with Crippen molar-refractivity contribution in [2.45, 2.75) is 26.3 Å². The average Bonchev–Trinajstić information content (AvgIpc) is 3.34. The molecule has 0 bridgehead atoms. The molecule has 0 saturated carbocycles. The van der Waals surface area contributed by atoms with Crippen LogP contribution in [-0.2, 0) is 11.2 Å². The van der Waals surface area contributed by atoms with Gasteiger partial charge in [-0.25, -0.2) is 9.67 Å². The van der Waals surface area contributed by atoms with Crippen molar-refractivity contribution in [2.24, 2.45) is 0 Å². The molecule has 3 rings (SSSR count). The highest BCUT2D eigenvalue weighted by Gasteiger charge is 2.16. The van der Waals surface area contributed by atoms with Gasteiger partial charge in [0.2, 0.25) is 5.91 Å². The van der Waals surface area contributed by atoms with E-state index in [-0.39, 0.29) is 11.8 Å². The van der Waals surface area contributed by atoms with Crippen molar-refractivity contribution >= 4 is 34.5 Å². The van der Waals surface area contributed by atoms with Crippen LogP contribution in [0, 0.1) is 0 Å². The van der Waals surface area contributed by atoms with Gasteiger partial charge in [0, 0.05) is 11.4 Å². The third-order valence-electron chi connectivity index (χ3n) is 3.96. The first kappa shape index (κ1) is 17.8. The molecule has 0 aliphatic carbocycles. The van der Waals surface area contributed by atoms with Gasteiger partial charge in [-0.2, -0.15) is 5.10 Å². The van der Waals surface area contributed by atoms with Gasteiger partial charge in [0.15, 0.2) is 0 Å². The number of nitrogens with zero attached hydrogens (tertiary/aromatic N) is 3. The third-order valence-corrected chi connectivity index (χ3v) is 4.91. The van der Waals surface area contributed by atoms with E-state index in [1.165, 1.54) is 28.7 Å². The molecule has 0 spiro atoms. The molecule has 2 heterocycles. The fourth-order valence-corrected chi connectivity index (χ4v) is 3.31. The number of thiophene rings is 1. The van der Waals surface area contributed by atoms with Gasteiger partial charge < -0.3 is 10.6 Å². The summed E-state index contributed by atoms with van der Waals surface area (Å²) in [6, 6.07) is 8.50. The van der Waals surface area contributed by atoms with Crippen LogP contribution in [0.1, 0.15) is 35.1 Å². The number of carbonyl (C=O) groups is 2. The van der Waals surface area contributed by atoms with Crippen LogP contribution in [0.4, 0.5) is 11.4 Å². The molecule has 0 aliphatic rings. The Bertz CT molecular complexity index is 887. The summed E-state index contributed by atoms with van der Waals surface area (Å²) >= 11 is 1.43. The minimum Gasteiger partial charge on any atom is -0.324 e. The summed E-state index contributed by atoms with van der Waals surface area (Å²) in [6.45, 7) is 3.77. The SMILES string of the molecule is CCc1ccsc1C(=O)Nc1ccc(NC(=O)C(C)n2cncn2)cc1. The van der Waals surface area contributed by atoms with Crippen molar-refractivity contribution in [3.63, 3.8) is 0 Å². The fourth-order valence-electron chi connectivity index (χ4n) is 2.42. The van der Waals surface area contributed by atoms with Gasteiger partial charge in [0.1, 0.15) is 18.7 Å². The van der Waals surface area contributed by atoms with E-state index in [9.17, 15) is 9.59 Å². The Morgan fingerprint density at radius 3 is 2.46 bits per heavy atom. The standard InChI is InChI=1S/C18H19N5O2S/c1-3-13-8-9-26-16(13)18(25)22-15-6-4-14(5-7-15)21-17(24)12(2)23-11-19-10-20-23/h4-12H,3H2,1-2H3,(H,21,24)(H,22,25). The maximum Gasteiger partial charge on any atom is 0.266 e. The van der Waals surface area contributed by atoms with Gasteiger partial charge in [-0.3, -0.25) is 9.59 Å². The highest BCUT2D eigenvalue weighted by atomic mass is 32.1. The lowest BCUT2D eigenvalue weighted by Gasteiger charge is -2.12. The summed E-state index contributed by atoms with van der Waals surface area (Å²) in [4.78, 5) is 29.1. The summed E-state index contributed by atoms with van der Waals surface area (Å²) in [6.07, 6.45) is 3.71. The number of benzene rings is 1. The van der Waals surface area contributed by atoms with Gasteiger partial charge in [-0.05, 0) is 54.6 Å². The number of hydrogen-bond acceptors (Lipinski definition) is 5. The zero-order valence-corrected chi connectivity index (χ0v) is 15.3. The molecule has 1 unspecified atom stereocenters. The maximum atomic E-state index is 12.4. The van der Waals surface area contributed by atoms with Crippen LogP contribution in [0.2, 0.25) is 0 Å². The first-order valence-electron chi connectivity index (χ1n) is 8.21. The molecule has 0 aliphatic heterocycles. The topological polar surface area (TPSA) is 88.9 Å². The Balaban J connectivity index is 1.61. The van der Waals surface area contributed by atoms with Gasteiger partial charge >= 0.3 is 0 Å². The molecule has 2 amide bonds. The second-order valence-electron chi connectivity index (χ2n) is 5.70. The largest absolute Gasteiger partial charge is 0.324 e. The number of carbonyl (C=O) groups excluding carboxylic acids is 2. The van der Waals surface area contributed by atoms with E-state index in [4.69, 9.17) is 0 Å². The van der Waals surface area contributed by atoms with Crippen molar-refractivity contribution in [3.05, 3.63) is 58.8 Å². The van der Waals surface area contributed by atoms with Crippen LogP contribution < -0.4 is 10.6 Å². The fraction of sp³-hybridized carbons (Fsp3) is 0.222. The molecule has 1 atom stereocenters. The molecule has 2 N–H and O–H groups in total. The molecule has 0 fully saturated rings. The predicted molar refractivity (Wildman–Crippen MR) is 101 cm³/mol. The molecule has 7 nitrogen and oxygen atoms in total. The maximum absolute atomic E-state index is 12.4. The van der Waals surface area contributed by atoms with Crippen molar-refractivity contribution < 1.29 is 9.59 Å². The highest BCUT2D eigenvalue weighted by molar-refractivity contribution is 7.12. The summed E-state index contributed by atoms with van der Waals surface area (Å²) in [7, 11) is 0. The van der Waals surface area contributed by atoms with Crippen LogP contribution in [0.15, 0.2) is 48.4 Å². The second-order valence-corrected chi connectivity index (χ2v) is 6.62. The lowest BCUT2D eigenvalue weighted by Crippen LogP contribution is -2.24. The average molecular weight is 369 g/mol. The number of hydrogen-bond donors (Lipinski definition) is 2. The van der Waals surface area contributed by atoms with E-state index in [0.29, 0.717) is 11.4 Å². The third kappa shape index (κ3) is 3.97. The second kappa shape index (κ2) is 7.92. The molecular formula is C18H19N5O2S. The smallest absolute Gasteiger partial charge is 0.266 e. The summed E-state index contributed by atoms with van der Waals surface area (Å²) in [5.41, 5.74) is 2.36. The van der Waals surface area contributed by atoms with E-state index in [0.717, 1.165) is 16.9 Å². The Kier molecular flexibility index (Phi) is 5.43. The zero-order valence-electron chi connectivity index (χ0n) is 14.5. The number of rotatable bonds is 6. The molecule has 134 valence electrons. The number of aromatic nitrogens is 3. The van der Waals surface area contributed by atoms with Crippen molar-refractivity contribution in [1.29, 1.82) is 0 Å². The van der Waals surface area contributed by atoms with Crippen LogP contribution in [-0.4, -0.2) is 26.6 Å². The monoisotopic (exact) mass is 369 g/mol. The van der Waals surface area contributed by atoms with Crippen LogP contribution in [0.25, 0.3) is 0 Å². The molecule has 2 aromatic heterocycles. The number of amides is 2. The summed E-state index contributed by atoms with van der Waals surface area (Å²) in [5, 5.41) is 11.6. The van der Waals surface area contributed by atoms with Crippen molar-refractivity contribution in [2.75, 3.05) is 10.6 Å². The van der Waals surface area contributed by atoms with E-state index >= 15 is 0 Å². The molecule has 8 heteroatoms. The molecule has 3 aromatic rings. The molecule has 26 heavy (non-hydrogen) atoms. The lowest BCUT2D eigenvalue weighted by molar-refractivity contribution is -0.119. The van der Waals surface area contributed by atoms with E-state index in [1.807, 2.05) is 18.4 Å². The van der Waals surface area contributed by atoms with Gasteiger partial charge in [0.25, 0.3) is 5.91 Å². The van der Waals surface area contributed by atoms with Crippen LogP contribution in [0.5, 0.6) is 0 Å². The quantitative estimate of drug-likeness (QED) is 0.697. The molecular weight excluding hydrogens is 350 g/mol. The van der Waals surface area contributed by atoms with E-state index in [1.54, 1.807) is 31.2 Å². The number of aryl methyl sites for hydroxylation is 1. The van der Waals surface area contributed by atoms with Gasteiger partial charge in [-0.15, -0.1) is 11.3 Å². The van der Waals surface area contributed by atoms with Crippen molar-refractivity contribution in [3.8, 4) is 0 Å². The van der Waals surface area contributed by atoms with Crippen LogP contribution >= 0.6 is 11.3 Å². The van der Waals surface area contributed by atoms with Gasteiger partial charge in [0.05, 0.1) is 4.88 Å². The highest BCUT2D eigenvalue weighted by Crippen LogP contribution is 2.20. The molecule has 0 saturated heterocycles. The molecule has 0 radical (unpaired) electrons. The van der Waals surface area contributed by atoms with E-state index < -0.39 is 6.04 Å². The van der Waals surface area contributed by atoms with Gasteiger partial charge in [-0.1, -0.05) is 6.92 Å². The minimum atomic E-state index is -0.469. The number of nitrogens with one attached hydrogen (secondary N) is 2. The zero-order chi connectivity index (χ0) is 18.5. The van der Waals surface area contributed by atoms with Crippen LogP contribution in [0.3, 0.4) is 0 Å². The summed E-state index contributed by atoms with van der Waals surface area (Å²) < 4.78 is 1.48. The first-order valence-corrected chi connectivity index (χ1v) is 9.09. The minimum absolute atomic E-state index is 0.117. The Morgan fingerprint density at radius 1 is 1.15 bits per heavy atom. The lowest BCUT2D eigenvalue weighted by atomic mass is 10.2. The number of anilines is 2. The predicted octanol–water partition coefficient (Wildman–Crippen LogP) is 3.35. The first-order chi connectivity index (χ1) is 12.6. The Hall–Kier alpha value is -3.00. The summed E-state index contributed by atoms with van der Waals surface area (Å²) in [5.74, 6) is -0.313. The Labute approximate surface area is 155 Å². The normalized spacial score (nSPS) is 11.8. The Morgan fingerprint density at radius 2 is 1.85 bits per heavy atom. The molecule has 1 aromatic carbocycles.